The van der Waals surface area contributed by atoms with E-state index in [2.05, 4.69) is 41.1 Å². The van der Waals surface area contributed by atoms with Gasteiger partial charge in [0.1, 0.15) is 10.7 Å². The number of benzene rings is 1. The topological polar surface area (TPSA) is 36.4 Å². The maximum Gasteiger partial charge on any atom is 0.273 e. The van der Waals surface area contributed by atoms with Crippen molar-refractivity contribution in [2.24, 2.45) is 0 Å². The molecule has 2 aromatic rings. The minimum atomic E-state index is 0.0840. The van der Waals surface area contributed by atoms with Crippen LogP contribution in [0.4, 0.5) is 0 Å². The zero-order valence-electron chi connectivity index (χ0n) is 14.8. The third kappa shape index (κ3) is 3.62. The first-order valence-electron chi connectivity index (χ1n) is 9.26. The van der Waals surface area contributed by atoms with Crippen LogP contribution in [0.25, 0.3) is 10.6 Å². The number of aryl methyl sites for hydroxylation is 1. The van der Waals surface area contributed by atoms with Gasteiger partial charge in [-0.15, -0.1) is 11.3 Å². The standard InChI is InChI=1S/C20H25N3OS/c1-15-6-8-16(9-7-15)19-21-18(14-25-19)20(24)23-12-10-22(11-13-23)17-4-2-3-5-17/h6-9,14,17H,2-5,10-13H2,1H3. The fourth-order valence-corrected chi connectivity index (χ4v) is 4.72. The molecule has 1 aromatic heterocycles. The van der Waals surface area contributed by atoms with Gasteiger partial charge >= 0.3 is 0 Å². The maximum absolute atomic E-state index is 12.8. The van der Waals surface area contributed by atoms with Crippen LogP contribution in [-0.4, -0.2) is 52.9 Å². The van der Waals surface area contributed by atoms with Gasteiger partial charge in [0.15, 0.2) is 0 Å². The molecule has 1 saturated carbocycles. The van der Waals surface area contributed by atoms with Crippen molar-refractivity contribution in [2.45, 2.75) is 38.6 Å². The van der Waals surface area contributed by atoms with Gasteiger partial charge < -0.3 is 4.90 Å². The van der Waals surface area contributed by atoms with Crippen LogP contribution in [0.15, 0.2) is 29.6 Å². The van der Waals surface area contributed by atoms with Gasteiger partial charge in [0.2, 0.25) is 0 Å². The van der Waals surface area contributed by atoms with Crippen molar-refractivity contribution in [3.05, 3.63) is 40.9 Å². The Labute approximate surface area is 153 Å². The van der Waals surface area contributed by atoms with E-state index in [-0.39, 0.29) is 5.91 Å². The van der Waals surface area contributed by atoms with Gasteiger partial charge in [-0.3, -0.25) is 9.69 Å². The molecule has 1 amide bonds. The molecule has 4 rings (SSSR count). The summed E-state index contributed by atoms with van der Waals surface area (Å²) in [5, 5.41) is 2.83. The van der Waals surface area contributed by atoms with Crippen molar-refractivity contribution >= 4 is 17.2 Å². The molecule has 5 heteroatoms. The lowest BCUT2D eigenvalue weighted by Crippen LogP contribution is -2.51. The van der Waals surface area contributed by atoms with E-state index in [1.54, 1.807) is 11.3 Å². The zero-order valence-corrected chi connectivity index (χ0v) is 15.6. The van der Waals surface area contributed by atoms with Gasteiger partial charge in [-0.25, -0.2) is 4.98 Å². The Bertz CT molecular complexity index is 726. The molecular weight excluding hydrogens is 330 g/mol. The van der Waals surface area contributed by atoms with Crippen LogP contribution >= 0.6 is 11.3 Å². The number of rotatable bonds is 3. The predicted molar refractivity (Wildman–Crippen MR) is 102 cm³/mol. The second-order valence-electron chi connectivity index (χ2n) is 7.17. The first kappa shape index (κ1) is 16.7. The Morgan fingerprint density at radius 2 is 1.76 bits per heavy atom. The Balaban J connectivity index is 1.39. The number of carbonyl (C=O) groups is 1. The molecule has 2 aliphatic rings. The molecule has 2 heterocycles. The third-order valence-electron chi connectivity index (χ3n) is 5.46. The van der Waals surface area contributed by atoms with Crippen molar-refractivity contribution in [3.8, 4) is 10.6 Å². The number of aromatic nitrogens is 1. The van der Waals surface area contributed by atoms with Gasteiger partial charge in [0, 0.05) is 43.2 Å². The quantitative estimate of drug-likeness (QED) is 0.840. The molecule has 4 nitrogen and oxygen atoms in total. The summed E-state index contributed by atoms with van der Waals surface area (Å²) in [5.74, 6) is 0.0840. The van der Waals surface area contributed by atoms with Crippen molar-refractivity contribution < 1.29 is 4.79 Å². The largest absolute Gasteiger partial charge is 0.335 e. The van der Waals surface area contributed by atoms with E-state index < -0.39 is 0 Å². The molecule has 1 saturated heterocycles. The SMILES string of the molecule is Cc1ccc(-c2nc(C(=O)N3CCN(C4CCCC4)CC3)cs2)cc1. The summed E-state index contributed by atoms with van der Waals surface area (Å²) >= 11 is 1.55. The van der Waals surface area contributed by atoms with Crippen LogP contribution in [0.3, 0.4) is 0 Å². The van der Waals surface area contributed by atoms with Crippen LogP contribution in [0.2, 0.25) is 0 Å². The molecular formula is C20H25N3OS. The lowest BCUT2D eigenvalue weighted by molar-refractivity contribution is 0.0569. The van der Waals surface area contributed by atoms with Crippen LogP contribution in [0, 0.1) is 6.92 Å². The van der Waals surface area contributed by atoms with E-state index in [1.807, 2.05) is 10.3 Å². The number of thiazole rings is 1. The van der Waals surface area contributed by atoms with Crippen molar-refractivity contribution in [1.29, 1.82) is 0 Å². The molecule has 25 heavy (non-hydrogen) atoms. The van der Waals surface area contributed by atoms with Crippen molar-refractivity contribution in [3.63, 3.8) is 0 Å². The van der Waals surface area contributed by atoms with Crippen LogP contribution in [0.5, 0.6) is 0 Å². The summed E-state index contributed by atoms with van der Waals surface area (Å²) in [6, 6.07) is 9.07. The highest BCUT2D eigenvalue weighted by Gasteiger charge is 2.28. The van der Waals surface area contributed by atoms with E-state index >= 15 is 0 Å². The van der Waals surface area contributed by atoms with E-state index in [0.29, 0.717) is 5.69 Å². The van der Waals surface area contributed by atoms with E-state index in [0.717, 1.165) is 42.8 Å². The molecule has 0 spiro atoms. The summed E-state index contributed by atoms with van der Waals surface area (Å²) < 4.78 is 0. The average Bonchev–Trinajstić information content (AvgIpc) is 3.34. The number of hydrogen-bond acceptors (Lipinski definition) is 4. The minimum Gasteiger partial charge on any atom is -0.335 e. The monoisotopic (exact) mass is 355 g/mol. The zero-order chi connectivity index (χ0) is 17.2. The highest BCUT2D eigenvalue weighted by Crippen LogP contribution is 2.26. The summed E-state index contributed by atoms with van der Waals surface area (Å²) in [7, 11) is 0. The second-order valence-corrected chi connectivity index (χ2v) is 8.03. The molecule has 0 radical (unpaired) electrons. The molecule has 1 aromatic carbocycles. The number of piperazine rings is 1. The molecule has 0 N–H and O–H groups in total. The fraction of sp³-hybridized carbons (Fsp3) is 0.500. The third-order valence-corrected chi connectivity index (χ3v) is 6.36. The predicted octanol–water partition coefficient (Wildman–Crippen LogP) is 3.82. The van der Waals surface area contributed by atoms with Crippen LogP contribution in [-0.2, 0) is 0 Å². The summed E-state index contributed by atoms with van der Waals surface area (Å²) in [4.78, 5) is 21.9. The van der Waals surface area contributed by atoms with Crippen molar-refractivity contribution in [2.75, 3.05) is 26.2 Å². The Morgan fingerprint density at radius 3 is 2.44 bits per heavy atom. The first-order chi connectivity index (χ1) is 12.2. The maximum atomic E-state index is 12.8. The first-order valence-corrected chi connectivity index (χ1v) is 10.1. The Kier molecular flexibility index (Phi) is 4.86. The number of nitrogens with zero attached hydrogens (tertiary/aromatic N) is 3. The van der Waals surface area contributed by atoms with E-state index in [4.69, 9.17) is 0 Å². The van der Waals surface area contributed by atoms with Gasteiger partial charge in [-0.05, 0) is 19.8 Å². The molecule has 0 unspecified atom stereocenters. The smallest absolute Gasteiger partial charge is 0.273 e. The molecule has 0 bridgehead atoms. The molecule has 2 fully saturated rings. The molecule has 1 aliphatic carbocycles. The number of hydrogen-bond donors (Lipinski definition) is 0. The highest BCUT2D eigenvalue weighted by atomic mass is 32.1. The average molecular weight is 356 g/mol. The number of carbonyl (C=O) groups excluding carboxylic acids is 1. The van der Waals surface area contributed by atoms with Crippen molar-refractivity contribution in [1.82, 2.24) is 14.8 Å². The Morgan fingerprint density at radius 1 is 1.08 bits per heavy atom. The lowest BCUT2D eigenvalue weighted by Gasteiger charge is -2.37. The fourth-order valence-electron chi connectivity index (χ4n) is 3.92. The lowest BCUT2D eigenvalue weighted by atomic mass is 10.1. The number of amides is 1. The molecule has 0 atom stereocenters. The van der Waals surface area contributed by atoms with Crippen LogP contribution < -0.4 is 0 Å². The van der Waals surface area contributed by atoms with Gasteiger partial charge in [-0.1, -0.05) is 42.7 Å². The van der Waals surface area contributed by atoms with Gasteiger partial charge in [-0.2, -0.15) is 0 Å². The van der Waals surface area contributed by atoms with Gasteiger partial charge in [0.05, 0.1) is 0 Å². The summed E-state index contributed by atoms with van der Waals surface area (Å²) in [6.45, 7) is 5.74. The van der Waals surface area contributed by atoms with E-state index in [1.165, 1.54) is 31.2 Å². The van der Waals surface area contributed by atoms with Crippen LogP contribution in [0.1, 0.15) is 41.7 Å². The summed E-state index contributed by atoms with van der Waals surface area (Å²) in [6.07, 6.45) is 5.40. The minimum absolute atomic E-state index is 0.0840. The Hall–Kier alpha value is -1.72. The molecule has 1 aliphatic heterocycles. The summed E-state index contributed by atoms with van der Waals surface area (Å²) in [5.41, 5.74) is 2.91. The van der Waals surface area contributed by atoms with E-state index in [9.17, 15) is 4.79 Å². The highest BCUT2D eigenvalue weighted by molar-refractivity contribution is 7.13. The van der Waals surface area contributed by atoms with Gasteiger partial charge in [0.25, 0.3) is 5.91 Å². The normalized spacial score (nSPS) is 19.5. The second kappa shape index (κ2) is 7.26. The molecule has 132 valence electrons.